The molecule has 0 fully saturated rings. The molecule has 0 rings (SSSR count). The summed E-state index contributed by atoms with van der Waals surface area (Å²) in [6.45, 7) is 14.9. The van der Waals surface area contributed by atoms with Gasteiger partial charge >= 0.3 is 0 Å². The molecule has 1 heteroatoms. The fourth-order valence-corrected chi connectivity index (χ4v) is 1.04. The molecule has 1 nitrogen and oxygen atoms in total. The van der Waals surface area contributed by atoms with Crippen molar-refractivity contribution in [2.75, 3.05) is 7.05 Å². The van der Waals surface area contributed by atoms with Gasteiger partial charge in [-0.3, -0.25) is 0 Å². The minimum absolute atomic E-state index is 0.826. The molecule has 0 aromatic rings. The van der Waals surface area contributed by atoms with Crippen molar-refractivity contribution in [2.24, 2.45) is 11.7 Å². The van der Waals surface area contributed by atoms with Crippen LogP contribution in [0.4, 0.5) is 0 Å². The van der Waals surface area contributed by atoms with E-state index in [1.54, 1.807) is 0 Å². The first-order chi connectivity index (χ1) is 7.54. The normalized spacial score (nSPS) is 8.75. The lowest BCUT2D eigenvalue weighted by Crippen LogP contribution is -1.85. The van der Waals surface area contributed by atoms with Crippen molar-refractivity contribution in [1.82, 2.24) is 0 Å². The third kappa shape index (κ3) is 37.3. The van der Waals surface area contributed by atoms with Crippen LogP contribution in [-0.4, -0.2) is 7.05 Å². The average Bonchev–Trinajstić information content (AvgIpc) is 2.27. The van der Waals surface area contributed by atoms with Crippen LogP contribution in [0, 0.1) is 5.92 Å². The molecule has 0 aliphatic heterocycles. The first kappa shape index (κ1) is 21.0. The molecular weight excluding hydrogens is 194 g/mol. The molecule has 100 valence electrons. The van der Waals surface area contributed by atoms with E-state index in [0.717, 1.165) is 5.92 Å². The molecule has 0 aliphatic rings. The van der Waals surface area contributed by atoms with E-state index >= 15 is 0 Å². The molecule has 0 saturated carbocycles. The van der Waals surface area contributed by atoms with Crippen molar-refractivity contribution in [3.8, 4) is 0 Å². The zero-order chi connectivity index (χ0) is 13.4. The van der Waals surface area contributed by atoms with Gasteiger partial charge in [0, 0.05) is 0 Å². The lowest BCUT2D eigenvalue weighted by atomic mass is 10.1. The lowest BCUT2D eigenvalue weighted by Gasteiger charge is -2.01. The van der Waals surface area contributed by atoms with Gasteiger partial charge in [0.05, 0.1) is 0 Å². The number of rotatable bonds is 6. The second kappa shape index (κ2) is 20.2. The van der Waals surface area contributed by atoms with Crippen LogP contribution in [0.3, 0.4) is 0 Å². The first-order valence-electron chi connectivity index (χ1n) is 6.76. The van der Waals surface area contributed by atoms with Crippen molar-refractivity contribution in [2.45, 2.75) is 73.1 Å². The van der Waals surface area contributed by atoms with Gasteiger partial charge in [-0.05, 0) is 32.7 Å². The standard InChI is InChI=1S/C8H16.C6H14.CH5N/c1-7(2)5-6-8(3)4;1-3-5-6-4-2;1-2/h8H,1,5-6H2,2-4H3;3-6H2,1-2H3;2H2,1H3. The van der Waals surface area contributed by atoms with E-state index in [2.05, 4.69) is 46.9 Å². The van der Waals surface area contributed by atoms with E-state index in [1.807, 2.05) is 0 Å². The van der Waals surface area contributed by atoms with E-state index < -0.39 is 0 Å². The Labute approximate surface area is 105 Å². The van der Waals surface area contributed by atoms with Crippen molar-refractivity contribution in [3.05, 3.63) is 12.2 Å². The molecule has 0 radical (unpaired) electrons. The van der Waals surface area contributed by atoms with Gasteiger partial charge in [0.2, 0.25) is 0 Å². The summed E-state index contributed by atoms with van der Waals surface area (Å²) in [5, 5.41) is 0. The maximum Gasteiger partial charge on any atom is -0.0195 e. The number of nitrogens with two attached hydrogens (primary N) is 1. The predicted octanol–water partition coefficient (Wildman–Crippen LogP) is 5.16. The van der Waals surface area contributed by atoms with Crippen LogP contribution in [0.15, 0.2) is 12.2 Å². The highest BCUT2D eigenvalue weighted by atomic mass is 14.4. The summed E-state index contributed by atoms with van der Waals surface area (Å²) in [7, 11) is 1.50. The highest BCUT2D eigenvalue weighted by Gasteiger charge is 1.91. The third-order valence-electron chi connectivity index (χ3n) is 2.11. The number of allylic oxidation sites excluding steroid dienone is 1. The van der Waals surface area contributed by atoms with Gasteiger partial charge in [-0.25, -0.2) is 0 Å². The van der Waals surface area contributed by atoms with Crippen molar-refractivity contribution >= 4 is 0 Å². The van der Waals surface area contributed by atoms with Crippen molar-refractivity contribution < 1.29 is 0 Å². The molecular formula is C15H35N. The van der Waals surface area contributed by atoms with Gasteiger partial charge in [0.25, 0.3) is 0 Å². The van der Waals surface area contributed by atoms with E-state index in [4.69, 9.17) is 0 Å². The fourth-order valence-electron chi connectivity index (χ4n) is 1.04. The molecule has 0 aromatic heterocycles. The first-order valence-corrected chi connectivity index (χ1v) is 6.76. The Kier molecular flexibility index (Phi) is 26.5. The highest BCUT2D eigenvalue weighted by Crippen LogP contribution is 2.07. The SMILES string of the molecule is C=C(C)CCC(C)C.CCCCCC.CN. The van der Waals surface area contributed by atoms with Crippen LogP contribution in [0.2, 0.25) is 0 Å². The van der Waals surface area contributed by atoms with Crippen molar-refractivity contribution in [3.63, 3.8) is 0 Å². The van der Waals surface area contributed by atoms with Gasteiger partial charge in [-0.1, -0.05) is 59.0 Å². The molecule has 0 aromatic carbocycles. The Hall–Kier alpha value is -0.300. The summed E-state index contributed by atoms with van der Waals surface area (Å²) >= 11 is 0. The molecule has 0 saturated heterocycles. The quantitative estimate of drug-likeness (QED) is 0.494. The highest BCUT2D eigenvalue weighted by molar-refractivity contribution is 4.87. The minimum atomic E-state index is 0.826. The molecule has 2 N–H and O–H groups in total. The predicted molar refractivity (Wildman–Crippen MR) is 78.8 cm³/mol. The largest absolute Gasteiger partial charge is 0.333 e. The van der Waals surface area contributed by atoms with E-state index in [9.17, 15) is 0 Å². The van der Waals surface area contributed by atoms with E-state index in [0.29, 0.717) is 0 Å². The summed E-state index contributed by atoms with van der Waals surface area (Å²) in [6.07, 6.45) is 8.02. The van der Waals surface area contributed by atoms with Crippen LogP contribution in [-0.2, 0) is 0 Å². The molecule has 0 spiro atoms. The molecule has 0 heterocycles. The molecule has 0 amide bonds. The molecule has 0 aliphatic carbocycles. The van der Waals surface area contributed by atoms with Crippen LogP contribution in [0.25, 0.3) is 0 Å². The molecule has 16 heavy (non-hydrogen) atoms. The second-order valence-electron chi connectivity index (χ2n) is 4.60. The van der Waals surface area contributed by atoms with Gasteiger partial charge in [-0.2, -0.15) is 0 Å². The molecule has 0 atom stereocenters. The summed E-state index contributed by atoms with van der Waals surface area (Å²) in [4.78, 5) is 0. The summed E-state index contributed by atoms with van der Waals surface area (Å²) in [6, 6.07) is 0. The Morgan fingerprint density at radius 1 is 1.06 bits per heavy atom. The van der Waals surface area contributed by atoms with Crippen LogP contribution in [0.1, 0.15) is 73.1 Å². The number of hydrogen-bond acceptors (Lipinski definition) is 1. The van der Waals surface area contributed by atoms with Crippen LogP contribution >= 0.6 is 0 Å². The Morgan fingerprint density at radius 3 is 1.56 bits per heavy atom. The van der Waals surface area contributed by atoms with Gasteiger partial charge < -0.3 is 5.73 Å². The number of hydrogen-bond donors (Lipinski definition) is 1. The van der Waals surface area contributed by atoms with Gasteiger partial charge in [0.15, 0.2) is 0 Å². The lowest BCUT2D eigenvalue weighted by molar-refractivity contribution is 0.585. The van der Waals surface area contributed by atoms with Crippen LogP contribution in [0.5, 0.6) is 0 Å². The summed E-state index contributed by atoms with van der Waals surface area (Å²) in [5.74, 6) is 0.826. The topological polar surface area (TPSA) is 26.0 Å². The van der Waals surface area contributed by atoms with Crippen molar-refractivity contribution in [1.29, 1.82) is 0 Å². The average molecular weight is 229 g/mol. The minimum Gasteiger partial charge on any atom is -0.333 e. The maximum absolute atomic E-state index is 4.50. The zero-order valence-electron chi connectivity index (χ0n) is 12.6. The second-order valence-corrected chi connectivity index (χ2v) is 4.60. The molecule has 0 bridgehead atoms. The smallest absolute Gasteiger partial charge is 0.0195 e. The monoisotopic (exact) mass is 229 g/mol. The fraction of sp³-hybridized carbons (Fsp3) is 0.867. The van der Waals surface area contributed by atoms with Gasteiger partial charge in [-0.15, -0.1) is 6.58 Å². The van der Waals surface area contributed by atoms with Gasteiger partial charge in [0.1, 0.15) is 0 Å². The zero-order valence-corrected chi connectivity index (χ0v) is 12.6. The van der Waals surface area contributed by atoms with Crippen LogP contribution < -0.4 is 5.73 Å². The maximum atomic E-state index is 4.50. The molecule has 0 unspecified atom stereocenters. The Bertz CT molecular complexity index is 113. The number of unbranched alkanes of at least 4 members (excludes halogenated alkanes) is 3. The Morgan fingerprint density at radius 2 is 1.44 bits per heavy atom. The third-order valence-corrected chi connectivity index (χ3v) is 2.11. The van der Waals surface area contributed by atoms with E-state index in [1.165, 1.54) is 51.1 Å². The summed E-state index contributed by atoms with van der Waals surface area (Å²) < 4.78 is 0. The Balaban J connectivity index is -0.000000188. The van der Waals surface area contributed by atoms with E-state index in [-0.39, 0.29) is 0 Å². The summed E-state index contributed by atoms with van der Waals surface area (Å²) in [5.41, 5.74) is 5.80.